The summed E-state index contributed by atoms with van der Waals surface area (Å²) in [6.07, 6.45) is 37.2. The van der Waals surface area contributed by atoms with Gasteiger partial charge in [0.25, 0.3) is 0 Å². The van der Waals surface area contributed by atoms with Crippen LogP contribution in [0.4, 0.5) is 0 Å². The molecule has 0 bridgehead atoms. The van der Waals surface area contributed by atoms with Gasteiger partial charge in [-0.3, -0.25) is 0 Å². The molecule has 0 amide bonds. The Morgan fingerprint density at radius 2 is 0.449 bits per heavy atom. The summed E-state index contributed by atoms with van der Waals surface area (Å²) in [5, 5.41) is 0. The first-order valence-electron chi connectivity index (χ1n) is 29.9. The predicted octanol–water partition coefficient (Wildman–Crippen LogP) is 16.6. The minimum atomic E-state index is 0.873. The van der Waals surface area contributed by atoms with Crippen molar-refractivity contribution < 1.29 is 18.3 Å². The Kier molecular flexibility index (Phi) is 20.5. The Bertz CT molecular complexity index is 2840. The lowest BCUT2D eigenvalue weighted by Gasteiger charge is -2.19. The molecule has 0 aliphatic heterocycles. The van der Waals surface area contributed by atoms with E-state index in [-0.39, 0.29) is 0 Å². The number of unbranched alkanes of at least 4 members (excludes halogenated alkanes) is 8. The van der Waals surface area contributed by atoms with E-state index in [4.69, 9.17) is 0 Å². The lowest BCUT2D eigenvalue weighted by Crippen LogP contribution is -2.34. The van der Waals surface area contributed by atoms with Crippen LogP contribution in [-0.2, 0) is 51.9 Å². The monoisotopic (exact) mass is 1030 g/mol. The Morgan fingerprint density at radius 1 is 0.231 bits per heavy atom. The molecule has 0 N–H and O–H groups in total. The van der Waals surface area contributed by atoms with Gasteiger partial charge in [0.2, 0.25) is 0 Å². The van der Waals surface area contributed by atoms with Crippen LogP contribution in [0.5, 0.6) is 0 Å². The zero-order valence-electron chi connectivity index (χ0n) is 47.6. The number of aromatic nitrogens is 4. The molecule has 0 aliphatic carbocycles. The summed E-state index contributed by atoms with van der Waals surface area (Å²) in [6, 6.07) is 59.4. The third kappa shape index (κ3) is 15.9. The Labute approximate surface area is 468 Å². The van der Waals surface area contributed by atoms with Crippen molar-refractivity contribution in [2.45, 2.75) is 157 Å². The van der Waals surface area contributed by atoms with Gasteiger partial charge in [-0.1, -0.05) is 175 Å². The molecule has 0 saturated heterocycles. The number of nitrogens with zero attached hydrogens (tertiary/aromatic N) is 4. The van der Waals surface area contributed by atoms with Crippen LogP contribution in [0.25, 0.3) is 44.5 Å². The maximum Gasteiger partial charge on any atom is 0.176 e. The smallest absolute Gasteiger partial charge is 0.176 e. The van der Waals surface area contributed by atoms with E-state index in [2.05, 4.69) is 253 Å². The van der Waals surface area contributed by atoms with E-state index in [9.17, 15) is 0 Å². The molecular formula is C74H86N4+4. The summed E-state index contributed by atoms with van der Waals surface area (Å²) in [5.74, 6) is 0. The van der Waals surface area contributed by atoms with Crippen molar-refractivity contribution in [1.29, 1.82) is 0 Å². The maximum absolute atomic E-state index is 2.61. The van der Waals surface area contributed by atoms with Crippen molar-refractivity contribution >= 4 is 0 Å². The minimum absolute atomic E-state index is 0.873. The molecule has 9 rings (SSSR count). The van der Waals surface area contributed by atoms with Gasteiger partial charge in [0, 0.05) is 95.9 Å². The molecule has 4 heteroatoms. The Balaban J connectivity index is 1.36. The van der Waals surface area contributed by atoms with E-state index in [1.165, 1.54) is 140 Å². The number of aryl methyl sites for hydroxylation is 4. The predicted molar refractivity (Wildman–Crippen MR) is 324 cm³/mol. The molecule has 0 saturated carbocycles. The van der Waals surface area contributed by atoms with Crippen LogP contribution in [0, 0.1) is 0 Å². The van der Waals surface area contributed by atoms with Gasteiger partial charge < -0.3 is 0 Å². The van der Waals surface area contributed by atoms with Crippen molar-refractivity contribution in [3.8, 4) is 44.5 Å². The van der Waals surface area contributed by atoms with Crippen LogP contribution >= 0.6 is 0 Å². The Morgan fingerprint density at radius 3 is 0.654 bits per heavy atom. The molecule has 4 nitrogen and oxygen atoms in total. The molecule has 0 radical (unpaired) electrons. The average molecular weight is 1030 g/mol. The van der Waals surface area contributed by atoms with Crippen molar-refractivity contribution in [3.63, 3.8) is 0 Å². The van der Waals surface area contributed by atoms with Crippen LogP contribution < -0.4 is 18.3 Å². The highest BCUT2D eigenvalue weighted by Gasteiger charge is 2.25. The normalized spacial score (nSPS) is 11.3. The highest BCUT2D eigenvalue weighted by Crippen LogP contribution is 2.43. The number of pyridine rings is 4. The van der Waals surface area contributed by atoms with E-state index >= 15 is 0 Å². The molecule has 78 heavy (non-hydrogen) atoms. The highest BCUT2D eigenvalue weighted by molar-refractivity contribution is 5.94. The van der Waals surface area contributed by atoms with Gasteiger partial charge in [-0.05, 0) is 107 Å². The summed E-state index contributed by atoms with van der Waals surface area (Å²) in [4.78, 5) is 0. The first kappa shape index (κ1) is 55.5. The van der Waals surface area contributed by atoms with Crippen LogP contribution in [-0.4, -0.2) is 0 Å². The van der Waals surface area contributed by atoms with Crippen LogP contribution in [0.3, 0.4) is 0 Å². The summed E-state index contributed by atoms with van der Waals surface area (Å²) in [7, 11) is 0. The second-order valence-electron chi connectivity index (χ2n) is 22.1. The van der Waals surface area contributed by atoms with Gasteiger partial charge in [0.15, 0.2) is 49.6 Å². The minimum Gasteiger partial charge on any atom is -0.204 e. The average Bonchev–Trinajstić information content (AvgIpc) is 3.59. The summed E-state index contributed by atoms with van der Waals surface area (Å²) < 4.78 is 10.0. The maximum atomic E-state index is 2.61. The van der Waals surface area contributed by atoms with Crippen molar-refractivity contribution in [2.24, 2.45) is 0 Å². The van der Waals surface area contributed by atoms with Gasteiger partial charge in [0.05, 0.1) is 0 Å². The fourth-order valence-corrected chi connectivity index (χ4v) is 11.4. The molecule has 0 fully saturated rings. The zero-order valence-corrected chi connectivity index (χ0v) is 47.6. The SMILES string of the molecule is CCCCC[n+]1cc(Cc2ccccc2)cc(-c2cc(-c3cc(Cc4ccccc4)c[n+](CCCCC)c3)c(-c3cc(Cc4ccccc4)c[n+](CCCCC)c3)cc2-c2cc(Cc3ccccc3)c[n+](CCCCC)c2)c1. The summed E-state index contributed by atoms with van der Waals surface area (Å²) >= 11 is 0. The summed E-state index contributed by atoms with van der Waals surface area (Å²) in [5.41, 5.74) is 20.8. The van der Waals surface area contributed by atoms with E-state index in [1.807, 2.05) is 0 Å². The number of hydrogen-bond acceptors (Lipinski definition) is 0. The van der Waals surface area contributed by atoms with Crippen LogP contribution in [0.2, 0.25) is 0 Å². The highest BCUT2D eigenvalue weighted by atomic mass is 14.9. The zero-order chi connectivity index (χ0) is 53.7. The second kappa shape index (κ2) is 28.9. The third-order valence-electron chi connectivity index (χ3n) is 15.4. The van der Waals surface area contributed by atoms with Gasteiger partial charge in [0.1, 0.15) is 26.2 Å². The van der Waals surface area contributed by atoms with E-state index < -0.39 is 0 Å². The molecule has 0 aliphatic rings. The molecule has 0 atom stereocenters. The topological polar surface area (TPSA) is 15.5 Å². The van der Waals surface area contributed by atoms with Crippen LogP contribution in [0.15, 0.2) is 207 Å². The molecular weight excluding hydrogens is 945 g/mol. The number of benzene rings is 5. The van der Waals surface area contributed by atoms with Gasteiger partial charge in [-0.15, -0.1) is 0 Å². The standard InChI is InChI=1S/C74H86N4/c1-5-9-25-37-75-51-63(41-59-29-17-13-18-30-59)45-67(55-75)71-49-73(69-47-65(43-61-33-21-15-22-34-61)53-77(57-69)39-27-11-7-3)74(70-48-66(44-62-35-23-16-24-36-62)54-78(58-70)40-28-12-8-4)50-72(71)68-46-64(42-60-31-19-14-20-32-60)52-76(56-68)38-26-10-6-2/h13-24,29-36,45-58H,5-12,25-28,37-44H2,1-4H3/q+4. The number of rotatable bonds is 28. The molecule has 9 aromatic rings. The van der Waals surface area contributed by atoms with Gasteiger partial charge >= 0.3 is 0 Å². The van der Waals surface area contributed by atoms with E-state index in [0.717, 1.165) is 77.5 Å². The number of hydrogen-bond donors (Lipinski definition) is 0. The lowest BCUT2D eigenvalue weighted by molar-refractivity contribution is -0.697. The largest absolute Gasteiger partial charge is 0.204 e. The Hall–Kier alpha value is -7.30. The quantitative estimate of drug-likeness (QED) is 0.0343. The van der Waals surface area contributed by atoms with Gasteiger partial charge in [-0.2, -0.15) is 0 Å². The third-order valence-corrected chi connectivity index (χ3v) is 15.4. The molecule has 4 aromatic heterocycles. The molecule has 398 valence electrons. The molecule has 5 aromatic carbocycles. The fourth-order valence-electron chi connectivity index (χ4n) is 11.4. The van der Waals surface area contributed by atoms with E-state index in [0.29, 0.717) is 0 Å². The summed E-state index contributed by atoms with van der Waals surface area (Å²) in [6.45, 7) is 13.2. The van der Waals surface area contributed by atoms with Crippen molar-refractivity contribution in [1.82, 2.24) is 0 Å². The molecule has 4 heterocycles. The van der Waals surface area contributed by atoms with E-state index in [1.54, 1.807) is 0 Å². The molecule has 0 unspecified atom stereocenters. The fraction of sp³-hybridized carbons (Fsp3) is 0.324. The van der Waals surface area contributed by atoms with Gasteiger partial charge in [-0.25, -0.2) is 18.3 Å². The van der Waals surface area contributed by atoms with Crippen molar-refractivity contribution in [2.75, 3.05) is 0 Å². The lowest BCUT2D eigenvalue weighted by atomic mass is 9.85. The van der Waals surface area contributed by atoms with Crippen molar-refractivity contribution in [3.05, 3.63) is 252 Å². The second-order valence-corrected chi connectivity index (χ2v) is 22.1. The first-order chi connectivity index (χ1) is 38.4. The molecule has 0 spiro atoms. The first-order valence-corrected chi connectivity index (χ1v) is 29.9. The van der Waals surface area contributed by atoms with Crippen LogP contribution in [0.1, 0.15) is 149 Å².